The minimum atomic E-state index is -0.313. The standard InChI is InChI=1S/C11H10BrN3O2S/c12-9-4-3-8(18-9)11(16)17-7-6-13-10-2-1-5-14-15-10/h1-5H,6-7H2,(H,13,15). The van der Waals surface area contributed by atoms with Gasteiger partial charge in [-0.2, -0.15) is 5.10 Å². The summed E-state index contributed by atoms with van der Waals surface area (Å²) in [5.74, 6) is 0.346. The summed E-state index contributed by atoms with van der Waals surface area (Å²) in [6.07, 6.45) is 1.60. The topological polar surface area (TPSA) is 64.1 Å². The van der Waals surface area contributed by atoms with Crippen LogP contribution in [-0.2, 0) is 4.74 Å². The molecule has 0 aliphatic carbocycles. The quantitative estimate of drug-likeness (QED) is 0.675. The fourth-order valence-electron chi connectivity index (χ4n) is 1.21. The van der Waals surface area contributed by atoms with E-state index in [0.29, 0.717) is 17.2 Å². The molecule has 0 radical (unpaired) electrons. The van der Waals surface area contributed by atoms with Crippen LogP contribution in [0.25, 0.3) is 0 Å². The van der Waals surface area contributed by atoms with Gasteiger partial charge in [-0.25, -0.2) is 4.79 Å². The number of aromatic nitrogens is 2. The lowest BCUT2D eigenvalue weighted by atomic mass is 10.5. The Morgan fingerprint density at radius 2 is 2.33 bits per heavy atom. The largest absolute Gasteiger partial charge is 0.460 e. The van der Waals surface area contributed by atoms with Gasteiger partial charge in [0.1, 0.15) is 17.3 Å². The number of hydrogen-bond acceptors (Lipinski definition) is 6. The van der Waals surface area contributed by atoms with Gasteiger partial charge in [-0.05, 0) is 40.2 Å². The van der Waals surface area contributed by atoms with E-state index in [-0.39, 0.29) is 12.6 Å². The van der Waals surface area contributed by atoms with Crippen LogP contribution < -0.4 is 5.32 Å². The van der Waals surface area contributed by atoms with Crippen molar-refractivity contribution >= 4 is 39.1 Å². The van der Waals surface area contributed by atoms with Gasteiger partial charge in [-0.15, -0.1) is 16.4 Å². The van der Waals surface area contributed by atoms with Gasteiger partial charge in [0.05, 0.1) is 10.3 Å². The molecule has 18 heavy (non-hydrogen) atoms. The van der Waals surface area contributed by atoms with Gasteiger partial charge in [0, 0.05) is 6.20 Å². The van der Waals surface area contributed by atoms with Gasteiger partial charge in [0.15, 0.2) is 0 Å². The first-order valence-corrected chi connectivity index (χ1v) is 6.81. The summed E-state index contributed by atoms with van der Waals surface area (Å²) in [4.78, 5) is 12.2. The Labute approximate surface area is 116 Å². The van der Waals surface area contributed by atoms with Crippen LogP contribution in [0.15, 0.2) is 34.2 Å². The Morgan fingerprint density at radius 3 is 3.00 bits per heavy atom. The maximum Gasteiger partial charge on any atom is 0.348 e. The van der Waals surface area contributed by atoms with Crippen molar-refractivity contribution in [3.8, 4) is 0 Å². The number of thiophene rings is 1. The van der Waals surface area contributed by atoms with Gasteiger partial charge in [0.2, 0.25) is 0 Å². The van der Waals surface area contributed by atoms with Crippen LogP contribution >= 0.6 is 27.3 Å². The number of nitrogens with zero attached hydrogens (tertiary/aromatic N) is 2. The van der Waals surface area contributed by atoms with Crippen molar-refractivity contribution < 1.29 is 9.53 Å². The summed E-state index contributed by atoms with van der Waals surface area (Å²) in [5, 5.41) is 10.6. The highest BCUT2D eigenvalue weighted by Gasteiger charge is 2.09. The van der Waals surface area contributed by atoms with Crippen LogP contribution in [0.2, 0.25) is 0 Å². The van der Waals surface area contributed by atoms with Gasteiger partial charge < -0.3 is 10.1 Å². The minimum Gasteiger partial charge on any atom is -0.460 e. The monoisotopic (exact) mass is 327 g/mol. The van der Waals surface area contributed by atoms with E-state index in [2.05, 4.69) is 31.4 Å². The molecule has 0 spiro atoms. The van der Waals surface area contributed by atoms with E-state index in [1.54, 1.807) is 24.4 Å². The summed E-state index contributed by atoms with van der Waals surface area (Å²) >= 11 is 4.65. The summed E-state index contributed by atoms with van der Waals surface area (Å²) < 4.78 is 6.01. The first-order chi connectivity index (χ1) is 8.75. The van der Waals surface area contributed by atoms with Gasteiger partial charge in [0.25, 0.3) is 0 Å². The zero-order valence-corrected chi connectivity index (χ0v) is 11.7. The summed E-state index contributed by atoms with van der Waals surface area (Å²) in [7, 11) is 0. The van der Waals surface area contributed by atoms with Crippen LogP contribution in [0.5, 0.6) is 0 Å². The third-order valence-electron chi connectivity index (χ3n) is 1.99. The van der Waals surface area contributed by atoms with Gasteiger partial charge in [-0.1, -0.05) is 0 Å². The lowest BCUT2D eigenvalue weighted by Gasteiger charge is -2.05. The minimum absolute atomic E-state index is 0.283. The lowest BCUT2D eigenvalue weighted by Crippen LogP contribution is -2.13. The molecule has 2 heterocycles. The molecule has 0 aliphatic rings. The Bertz CT molecular complexity index is 518. The molecular formula is C11H10BrN3O2S. The maximum absolute atomic E-state index is 11.6. The molecule has 0 atom stereocenters. The Morgan fingerprint density at radius 1 is 1.44 bits per heavy atom. The second kappa shape index (κ2) is 6.46. The molecular weight excluding hydrogens is 318 g/mol. The second-order valence-electron chi connectivity index (χ2n) is 3.28. The van der Waals surface area contributed by atoms with E-state index in [1.807, 2.05) is 6.07 Å². The van der Waals surface area contributed by atoms with Gasteiger partial charge in [-0.3, -0.25) is 0 Å². The number of rotatable bonds is 5. The number of ether oxygens (including phenoxy) is 1. The molecule has 0 aromatic carbocycles. The highest BCUT2D eigenvalue weighted by molar-refractivity contribution is 9.11. The first kappa shape index (κ1) is 13.0. The molecule has 0 amide bonds. The number of nitrogens with one attached hydrogen (secondary N) is 1. The molecule has 2 aromatic rings. The number of anilines is 1. The highest BCUT2D eigenvalue weighted by atomic mass is 79.9. The maximum atomic E-state index is 11.6. The van der Waals surface area contributed by atoms with E-state index in [0.717, 1.165) is 3.79 Å². The average molecular weight is 328 g/mol. The molecule has 0 bridgehead atoms. The van der Waals surface area contributed by atoms with Crippen LogP contribution in [0.3, 0.4) is 0 Å². The SMILES string of the molecule is O=C(OCCNc1cccnn1)c1ccc(Br)s1. The number of esters is 1. The number of carbonyl (C=O) groups excluding carboxylic acids is 1. The predicted octanol–water partition coefficient (Wildman–Crippen LogP) is 2.57. The van der Waals surface area contributed by atoms with Crippen LogP contribution in [0, 0.1) is 0 Å². The lowest BCUT2D eigenvalue weighted by molar-refractivity contribution is 0.0526. The fourth-order valence-corrected chi connectivity index (χ4v) is 2.49. The van der Waals surface area contributed by atoms with Crippen LogP contribution in [0.4, 0.5) is 5.82 Å². The molecule has 0 saturated carbocycles. The van der Waals surface area contributed by atoms with E-state index >= 15 is 0 Å². The zero-order chi connectivity index (χ0) is 12.8. The first-order valence-electron chi connectivity index (χ1n) is 5.20. The van der Waals surface area contributed by atoms with Crippen molar-refractivity contribution in [2.24, 2.45) is 0 Å². The van der Waals surface area contributed by atoms with E-state index in [9.17, 15) is 4.79 Å². The smallest absolute Gasteiger partial charge is 0.348 e. The van der Waals surface area contributed by atoms with E-state index in [1.165, 1.54) is 11.3 Å². The Kier molecular flexibility index (Phi) is 4.66. The molecule has 94 valence electrons. The zero-order valence-electron chi connectivity index (χ0n) is 9.30. The van der Waals surface area contributed by atoms with Crippen molar-refractivity contribution in [2.75, 3.05) is 18.5 Å². The van der Waals surface area contributed by atoms with Crippen molar-refractivity contribution in [2.45, 2.75) is 0 Å². The van der Waals surface area contributed by atoms with Crippen molar-refractivity contribution in [1.82, 2.24) is 10.2 Å². The molecule has 0 fully saturated rings. The van der Waals surface area contributed by atoms with Crippen molar-refractivity contribution in [1.29, 1.82) is 0 Å². The van der Waals surface area contributed by atoms with Gasteiger partial charge >= 0.3 is 5.97 Å². The Balaban J connectivity index is 1.71. The number of carbonyl (C=O) groups is 1. The summed E-state index contributed by atoms with van der Waals surface area (Å²) in [6.45, 7) is 0.780. The molecule has 0 unspecified atom stereocenters. The highest BCUT2D eigenvalue weighted by Crippen LogP contribution is 2.22. The normalized spacial score (nSPS) is 10.1. The Hall–Kier alpha value is -1.47. The summed E-state index contributed by atoms with van der Waals surface area (Å²) in [5.41, 5.74) is 0. The fraction of sp³-hybridized carbons (Fsp3) is 0.182. The third-order valence-corrected chi connectivity index (χ3v) is 3.59. The molecule has 1 N–H and O–H groups in total. The van der Waals surface area contributed by atoms with Crippen molar-refractivity contribution in [3.63, 3.8) is 0 Å². The predicted molar refractivity (Wildman–Crippen MR) is 72.8 cm³/mol. The van der Waals surface area contributed by atoms with E-state index in [4.69, 9.17) is 4.74 Å². The van der Waals surface area contributed by atoms with Crippen molar-refractivity contribution in [3.05, 3.63) is 39.1 Å². The average Bonchev–Trinajstić information content (AvgIpc) is 2.82. The molecule has 0 aliphatic heterocycles. The second-order valence-corrected chi connectivity index (χ2v) is 5.74. The van der Waals surface area contributed by atoms with Crippen LogP contribution in [0.1, 0.15) is 9.67 Å². The molecule has 0 saturated heterocycles. The van der Waals surface area contributed by atoms with Crippen LogP contribution in [-0.4, -0.2) is 29.3 Å². The molecule has 7 heteroatoms. The molecule has 2 aromatic heterocycles. The molecule has 5 nitrogen and oxygen atoms in total. The number of halogens is 1. The third kappa shape index (κ3) is 3.78. The molecule has 2 rings (SSSR count). The number of hydrogen-bond donors (Lipinski definition) is 1. The summed E-state index contributed by atoms with van der Waals surface area (Å²) in [6, 6.07) is 7.13. The van der Waals surface area contributed by atoms with E-state index < -0.39 is 0 Å².